The van der Waals surface area contributed by atoms with Crippen LogP contribution in [0, 0.1) is 12.7 Å². The highest BCUT2D eigenvalue weighted by molar-refractivity contribution is 6.15. The summed E-state index contributed by atoms with van der Waals surface area (Å²) < 4.78 is 13.6. The van der Waals surface area contributed by atoms with Crippen LogP contribution >= 0.6 is 0 Å². The lowest BCUT2D eigenvalue weighted by atomic mass is 9.89. The molecule has 1 saturated heterocycles. The van der Waals surface area contributed by atoms with Crippen molar-refractivity contribution >= 4 is 11.7 Å². The maximum atomic E-state index is 13.6. The highest BCUT2D eigenvalue weighted by atomic mass is 19.1. The van der Waals surface area contributed by atoms with Crippen LogP contribution < -0.4 is 10.6 Å². The fraction of sp³-hybridized carbons (Fsp3) is 0.429. The van der Waals surface area contributed by atoms with Gasteiger partial charge in [0.25, 0.3) is 5.91 Å². The summed E-state index contributed by atoms with van der Waals surface area (Å²) >= 11 is 0. The molecule has 2 N–H and O–H groups in total. The van der Waals surface area contributed by atoms with Gasteiger partial charge in [0.05, 0.1) is 0 Å². The second kappa shape index (κ2) is 4.42. The van der Waals surface area contributed by atoms with Crippen molar-refractivity contribution in [2.45, 2.75) is 25.3 Å². The molecular weight excluding hydrogens is 245 g/mol. The normalized spacial score (nSPS) is 21.4. The third-order valence-corrected chi connectivity index (χ3v) is 3.93. The van der Waals surface area contributed by atoms with Gasteiger partial charge in [-0.15, -0.1) is 0 Å². The minimum atomic E-state index is -0.653. The van der Waals surface area contributed by atoms with E-state index in [4.69, 9.17) is 0 Å². The lowest BCUT2D eigenvalue weighted by Gasteiger charge is -2.28. The van der Waals surface area contributed by atoms with E-state index in [1.54, 1.807) is 19.1 Å². The molecule has 0 bridgehead atoms. The number of halogens is 1. The monoisotopic (exact) mass is 261 g/mol. The fourth-order valence-corrected chi connectivity index (χ4v) is 2.69. The summed E-state index contributed by atoms with van der Waals surface area (Å²) in [7, 11) is 0. The zero-order valence-corrected chi connectivity index (χ0v) is 10.8. The fourth-order valence-electron chi connectivity index (χ4n) is 2.69. The Morgan fingerprint density at radius 2 is 2.05 bits per heavy atom. The molecule has 3 rings (SSSR count). The van der Waals surface area contributed by atoms with Crippen molar-refractivity contribution in [1.29, 1.82) is 0 Å². The molecule has 1 aromatic carbocycles. The average molecular weight is 261 g/mol. The number of amides is 1. The zero-order valence-electron chi connectivity index (χ0n) is 10.8. The molecule has 2 aliphatic rings. The highest BCUT2D eigenvalue weighted by Gasteiger charge is 2.44. The van der Waals surface area contributed by atoms with Gasteiger partial charge in [-0.2, -0.15) is 0 Å². The molecule has 1 amide bonds. The van der Waals surface area contributed by atoms with E-state index in [1.807, 2.05) is 0 Å². The SMILES string of the molecule is Cc1c(F)cccc1C1=NC2(CCNCC2)C(=O)N1. The molecule has 2 heterocycles. The van der Waals surface area contributed by atoms with Crippen LogP contribution in [0.15, 0.2) is 23.2 Å². The highest BCUT2D eigenvalue weighted by Crippen LogP contribution is 2.29. The second-order valence-electron chi connectivity index (χ2n) is 5.11. The molecule has 0 unspecified atom stereocenters. The molecule has 0 radical (unpaired) electrons. The average Bonchev–Trinajstić information content (AvgIpc) is 2.71. The lowest BCUT2D eigenvalue weighted by molar-refractivity contribution is -0.124. The first-order valence-electron chi connectivity index (χ1n) is 6.50. The topological polar surface area (TPSA) is 53.5 Å². The molecular formula is C14H16FN3O. The van der Waals surface area contributed by atoms with E-state index in [0.29, 0.717) is 29.8 Å². The predicted octanol–water partition coefficient (Wildman–Crippen LogP) is 1.13. The molecule has 4 nitrogen and oxygen atoms in total. The van der Waals surface area contributed by atoms with Crippen molar-refractivity contribution in [1.82, 2.24) is 10.6 Å². The molecule has 0 saturated carbocycles. The van der Waals surface area contributed by atoms with Crippen LogP contribution in [0.4, 0.5) is 4.39 Å². The molecule has 5 heteroatoms. The number of carbonyl (C=O) groups excluding carboxylic acids is 1. The van der Waals surface area contributed by atoms with Crippen LogP contribution in [0.3, 0.4) is 0 Å². The first-order valence-corrected chi connectivity index (χ1v) is 6.50. The predicted molar refractivity (Wildman–Crippen MR) is 70.7 cm³/mol. The van der Waals surface area contributed by atoms with Crippen molar-refractivity contribution in [2.24, 2.45) is 4.99 Å². The summed E-state index contributed by atoms with van der Waals surface area (Å²) in [5, 5.41) is 6.04. The number of hydrogen-bond acceptors (Lipinski definition) is 3. The number of benzene rings is 1. The maximum Gasteiger partial charge on any atom is 0.253 e. The Morgan fingerprint density at radius 3 is 2.79 bits per heavy atom. The van der Waals surface area contributed by atoms with Crippen molar-refractivity contribution in [2.75, 3.05) is 13.1 Å². The quantitative estimate of drug-likeness (QED) is 0.796. The van der Waals surface area contributed by atoms with Crippen molar-refractivity contribution < 1.29 is 9.18 Å². The Kier molecular flexibility index (Phi) is 2.86. The zero-order chi connectivity index (χ0) is 13.5. The van der Waals surface area contributed by atoms with Gasteiger partial charge < -0.3 is 10.6 Å². The Labute approximate surface area is 111 Å². The van der Waals surface area contributed by atoms with Crippen molar-refractivity contribution in [3.05, 3.63) is 35.1 Å². The second-order valence-corrected chi connectivity index (χ2v) is 5.11. The van der Waals surface area contributed by atoms with Gasteiger partial charge in [-0.1, -0.05) is 12.1 Å². The minimum Gasteiger partial charge on any atom is -0.317 e. The molecule has 1 spiro atoms. The van der Waals surface area contributed by atoms with E-state index in [1.165, 1.54) is 6.07 Å². The molecule has 0 aromatic heterocycles. The van der Waals surface area contributed by atoms with Crippen LogP contribution in [0.1, 0.15) is 24.0 Å². The first kappa shape index (κ1) is 12.3. The van der Waals surface area contributed by atoms with Gasteiger partial charge in [0.1, 0.15) is 17.2 Å². The van der Waals surface area contributed by atoms with E-state index >= 15 is 0 Å². The number of carbonyl (C=O) groups is 1. The van der Waals surface area contributed by atoms with Crippen molar-refractivity contribution in [3.8, 4) is 0 Å². The maximum absolute atomic E-state index is 13.6. The van der Waals surface area contributed by atoms with Crippen molar-refractivity contribution in [3.63, 3.8) is 0 Å². The molecule has 100 valence electrons. The van der Waals surface area contributed by atoms with Crippen LogP contribution in [0.2, 0.25) is 0 Å². The Bertz CT molecular complexity index is 562. The van der Waals surface area contributed by atoms with Crippen LogP contribution in [-0.2, 0) is 4.79 Å². The number of nitrogens with one attached hydrogen (secondary N) is 2. The standard InChI is InChI=1S/C14H16FN3O/c1-9-10(3-2-4-11(9)15)12-17-13(19)14(18-12)5-7-16-8-6-14/h2-4,16H,5-8H2,1H3,(H,17,18,19). The molecule has 2 aliphatic heterocycles. The van der Waals surface area contributed by atoms with E-state index in [0.717, 1.165) is 13.1 Å². The molecule has 0 atom stereocenters. The smallest absolute Gasteiger partial charge is 0.253 e. The largest absolute Gasteiger partial charge is 0.317 e. The number of nitrogens with zero attached hydrogens (tertiary/aromatic N) is 1. The summed E-state index contributed by atoms with van der Waals surface area (Å²) in [5.41, 5.74) is 0.538. The first-order chi connectivity index (χ1) is 9.12. The third-order valence-electron chi connectivity index (χ3n) is 3.93. The van der Waals surface area contributed by atoms with E-state index < -0.39 is 5.54 Å². The van der Waals surface area contributed by atoms with Gasteiger partial charge >= 0.3 is 0 Å². The molecule has 19 heavy (non-hydrogen) atoms. The number of amidine groups is 1. The van der Waals surface area contributed by atoms with Gasteiger partial charge in [0.2, 0.25) is 0 Å². The third kappa shape index (κ3) is 1.94. The van der Waals surface area contributed by atoms with Crippen LogP contribution in [0.5, 0.6) is 0 Å². The van der Waals surface area contributed by atoms with Crippen LogP contribution in [-0.4, -0.2) is 30.4 Å². The number of piperidine rings is 1. The number of rotatable bonds is 1. The van der Waals surface area contributed by atoms with E-state index in [9.17, 15) is 9.18 Å². The Hall–Kier alpha value is -1.75. The summed E-state index contributed by atoms with van der Waals surface area (Å²) in [5.74, 6) is 0.164. The molecule has 1 aromatic rings. The van der Waals surface area contributed by atoms with E-state index in [-0.39, 0.29) is 11.7 Å². The summed E-state index contributed by atoms with van der Waals surface area (Å²) in [4.78, 5) is 16.8. The number of aliphatic imine (C=N–C) groups is 1. The minimum absolute atomic E-state index is 0.0624. The van der Waals surface area contributed by atoms with Gasteiger partial charge in [0.15, 0.2) is 0 Å². The van der Waals surface area contributed by atoms with Gasteiger partial charge in [-0.05, 0) is 44.5 Å². The number of hydrogen-bond donors (Lipinski definition) is 2. The summed E-state index contributed by atoms with van der Waals surface area (Å²) in [6.45, 7) is 3.27. The Morgan fingerprint density at radius 1 is 1.32 bits per heavy atom. The summed E-state index contributed by atoms with van der Waals surface area (Å²) in [6.07, 6.45) is 1.38. The van der Waals surface area contributed by atoms with E-state index in [2.05, 4.69) is 15.6 Å². The summed E-state index contributed by atoms with van der Waals surface area (Å²) in [6, 6.07) is 4.84. The van der Waals surface area contributed by atoms with Gasteiger partial charge in [-0.25, -0.2) is 4.39 Å². The Balaban J connectivity index is 2.00. The molecule has 0 aliphatic carbocycles. The molecule has 1 fully saturated rings. The van der Waals surface area contributed by atoms with Gasteiger partial charge in [0, 0.05) is 5.56 Å². The van der Waals surface area contributed by atoms with Crippen LogP contribution in [0.25, 0.3) is 0 Å². The lowest BCUT2D eigenvalue weighted by Crippen LogP contribution is -2.47. The van der Waals surface area contributed by atoms with Gasteiger partial charge in [-0.3, -0.25) is 9.79 Å².